The van der Waals surface area contributed by atoms with E-state index in [0.29, 0.717) is 56.9 Å². The van der Waals surface area contributed by atoms with Crippen molar-refractivity contribution in [2.24, 2.45) is 11.3 Å². The lowest BCUT2D eigenvalue weighted by molar-refractivity contribution is -0.143. The second-order valence-corrected chi connectivity index (χ2v) is 10.4. The average Bonchev–Trinajstić information content (AvgIpc) is 3.67. The number of hydrogen-bond acceptors (Lipinski definition) is 3. The van der Waals surface area contributed by atoms with Crippen LogP contribution in [-0.4, -0.2) is 29.0 Å². The van der Waals surface area contributed by atoms with Gasteiger partial charge in [-0.15, -0.1) is 0 Å². The lowest BCUT2D eigenvalue weighted by Crippen LogP contribution is -2.48. The summed E-state index contributed by atoms with van der Waals surface area (Å²) in [5, 5.41) is 11.9. The Labute approximate surface area is 215 Å². The smallest absolute Gasteiger partial charge is 0.392 e. The van der Waals surface area contributed by atoms with Gasteiger partial charge in [0.1, 0.15) is 5.82 Å². The Kier molecular flexibility index (Phi) is 8.09. The highest BCUT2D eigenvalue weighted by molar-refractivity contribution is 5.82. The molecule has 4 rings (SSSR count). The van der Waals surface area contributed by atoms with Crippen molar-refractivity contribution < 1.29 is 40.6 Å². The third-order valence-corrected chi connectivity index (χ3v) is 7.46. The van der Waals surface area contributed by atoms with Crippen LogP contribution in [0.3, 0.4) is 0 Å². The molecular weight excluding hydrogens is 517 g/mol. The molecule has 1 amide bonds. The summed E-state index contributed by atoms with van der Waals surface area (Å²) in [4.78, 5) is 15.5. The molecule has 0 aromatic heterocycles. The number of aliphatic hydroxyl groups excluding tert-OH is 1. The highest BCUT2D eigenvalue weighted by Gasteiger charge is 2.45. The second kappa shape index (κ2) is 10.8. The van der Waals surface area contributed by atoms with Gasteiger partial charge < -0.3 is 10.4 Å². The number of hydrogen-bond donors (Lipinski definition) is 2. The molecule has 0 bridgehead atoms. The minimum Gasteiger partial charge on any atom is -0.392 e. The average molecular weight is 547 g/mol. The number of amides is 1. The third-order valence-electron chi connectivity index (χ3n) is 7.46. The molecule has 0 radical (unpaired) electrons. The van der Waals surface area contributed by atoms with Crippen LogP contribution in [0.2, 0.25) is 0 Å². The maximum atomic E-state index is 13.7. The second-order valence-electron chi connectivity index (χ2n) is 10.4. The van der Waals surface area contributed by atoms with Gasteiger partial charge in [0.15, 0.2) is 0 Å². The fraction of sp³-hybridized carbons (Fsp3) is 0.519. The molecule has 2 aromatic rings. The molecule has 2 N–H and O–H groups in total. The number of nitrogens with zero attached hydrogens (tertiary/aromatic N) is 1. The molecule has 1 aliphatic carbocycles. The molecular formula is C27H29F7N2O2. The van der Waals surface area contributed by atoms with E-state index >= 15 is 0 Å². The molecule has 0 unspecified atom stereocenters. The van der Waals surface area contributed by atoms with E-state index in [0.717, 1.165) is 18.4 Å². The van der Waals surface area contributed by atoms with Gasteiger partial charge in [0.2, 0.25) is 5.91 Å². The van der Waals surface area contributed by atoms with E-state index < -0.39 is 47.9 Å². The first-order chi connectivity index (χ1) is 17.8. The van der Waals surface area contributed by atoms with Crippen LogP contribution in [0, 0.1) is 17.2 Å². The van der Waals surface area contributed by atoms with Crippen LogP contribution in [0.15, 0.2) is 36.4 Å². The molecule has 1 heterocycles. The quantitative estimate of drug-likeness (QED) is 0.396. The van der Waals surface area contributed by atoms with Crippen molar-refractivity contribution in [2.45, 2.75) is 64.2 Å². The highest BCUT2D eigenvalue weighted by Crippen LogP contribution is 2.46. The van der Waals surface area contributed by atoms with Crippen molar-refractivity contribution >= 4 is 5.91 Å². The number of nitrogens with one attached hydrogen (secondary N) is 1. The molecule has 11 heteroatoms. The van der Waals surface area contributed by atoms with Crippen molar-refractivity contribution in [3.05, 3.63) is 70.0 Å². The first kappa shape index (κ1) is 28.4. The monoisotopic (exact) mass is 546 g/mol. The fourth-order valence-corrected chi connectivity index (χ4v) is 5.13. The van der Waals surface area contributed by atoms with E-state index in [1.165, 1.54) is 6.07 Å². The van der Waals surface area contributed by atoms with E-state index in [4.69, 9.17) is 0 Å². The predicted molar refractivity (Wildman–Crippen MR) is 125 cm³/mol. The summed E-state index contributed by atoms with van der Waals surface area (Å²) >= 11 is 0. The number of carbonyl (C=O) groups excluding carboxylic acids is 1. The number of halogens is 7. The summed E-state index contributed by atoms with van der Waals surface area (Å²) in [6.45, 7) is 0.739. The lowest BCUT2D eigenvalue weighted by Gasteiger charge is -2.41. The van der Waals surface area contributed by atoms with Crippen LogP contribution < -0.4 is 5.32 Å². The Morgan fingerprint density at radius 1 is 0.947 bits per heavy atom. The number of likely N-dealkylation sites (tertiary alicyclic amines) is 1. The zero-order chi connectivity index (χ0) is 27.7. The maximum Gasteiger partial charge on any atom is 0.416 e. The van der Waals surface area contributed by atoms with Gasteiger partial charge in [-0.25, -0.2) is 4.39 Å². The Morgan fingerprint density at radius 2 is 1.55 bits per heavy atom. The molecule has 38 heavy (non-hydrogen) atoms. The van der Waals surface area contributed by atoms with Gasteiger partial charge in [0, 0.05) is 18.7 Å². The number of piperidine rings is 1. The number of alkyl halides is 6. The predicted octanol–water partition coefficient (Wildman–Crippen LogP) is 6.05. The van der Waals surface area contributed by atoms with Gasteiger partial charge >= 0.3 is 12.4 Å². The summed E-state index contributed by atoms with van der Waals surface area (Å²) in [6, 6.07) is 5.87. The van der Waals surface area contributed by atoms with Crippen LogP contribution in [0.1, 0.15) is 59.9 Å². The van der Waals surface area contributed by atoms with E-state index in [2.05, 4.69) is 10.2 Å². The molecule has 1 saturated carbocycles. The van der Waals surface area contributed by atoms with Crippen LogP contribution in [0.25, 0.3) is 0 Å². The fourth-order valence-electron chi connectivity index (χ4n) is 5.13. The van der Waals surface area contributed by atoms with Gasteiger partial charge in [-0.1, -0.05) is 18.9 Å². The largest absolute Gasteiger partial charge is 0.416 e. The first-order valence-corrected chi connectivity index (χ1v) is 12.5. The molecule has 1 saturated heterocycles. The normalized spacial score (nSPS) is 18.4. The van der Waals surface area contributed by atoms with Crippen LogP contribution in [0.4, 0.5) is 30.7 Å². The summed E-state index contributed by atoms with van der Waals surface area (Å²) in [5.41, 5.74) is -2.84. The molecule has 0 spiro atoms. The number of aliphatic hydroxyl groups is 1. The van der Waals surface area contributed by atoms with Crippen LogP contribution in [-0.2, 0) is 36.8 Å². The Balaban J connectivity index is 1.44. The number of benzene rings is 2. The van der Waals surface area contributed by atoms with Gasteiger partial charge in [0.05, 0.1) is 23.1 Å². The van der Waals surface area contributed by atoms with Gasteiger partial charge in [-0.2, -0.15) is 26.3 Å². The highest BCUT2D eigenvalue weighted by atomic mass is 19.4. The van der Waals surface area contributed by atoms with Crippen molar-refractivity contribution in [1.82, 2.24) is 10.2 Å². The Hall–Kier alpha value is -2.66. The van der Waals surface area contributed by atoms with Gasteiger partial charge in [0.25, 0.3) is 0 Å². The Bertz CT molecular complexity index is 1120. The van der Waals surface area contributed by atoms with Gasteiger partial charge in [-0.05, 0) is 79.7 Å². The minimum atomic E-state index is -4.96. The molecule has 208 valence electrons. The summed E-state index contributed by atoms with van der Waals surface area (Å²) in [6.07, 6.45) is -6.35. The van der Waals surface area contributed by atoms with Crippen molar-refractivity contribution in [1.29, 1.82) is 0 Å². The summed E-state index contributed by atoms with van der Waals surface area (Å²) < 4.78 is 92.9. The van der Waals surface area contributed by atoms with E-state index in [1.54, 1.807) is 12.1 Å². The van der Waals surface area contributed by atoms with Gasteiger partial charge in [-0.3, -0.25) is 9.69 Å². The van der Waals surface area contributed by atoms with Crippen LogP contribution in [0.5, 0.6) is 0 Å². The summed E-state index contributed by atoms with van der Waals surface area (Å²) in [7, 11) is 0. The standard InChI is InChI=1S/C27H29F7N2O2/c28-23-4-3-18(9-20(23)16-37)15-36-7-5-25(6-8-36,13-17-1-2-17)24(38)35-14-19-10-21(26(29,30)31)12-22(11-19)27(32,33)34/h3-4,9-12,17,37H,1-2,5-8,13-16H2,(H,35,38). The molecule has 2 aromatic carbocycles. The molecule has 0 atom stereocenters. The topological polar surface area (TPSA) is 52.6 Å². The van der Waals surface area contributed by atoms with Crippen molar-refractivity contribution in [2.75, 3.05) is 13.1 Å². The molecule has 2 fully saturated rings. The lowest BCUT2D eigenvalue weighted by atomic mass is 9.73. The van der Waals surface area contributed by atoms with Crippen molar-refractivity contribution in [3.63, 3.8) is 0 Å². The van der Waals surface area contributed by atoms with Crippen molar-refractivity contribution in [3.8, 4) is 0 Å². The Morgan fingerprint density at radius 3 is 2.08 bits per heavy atom. The van der Waals surface area contributed by atoms with E-state index in [1.807, 2.05) is 0 Å². The third kappa shape index (κ3) is 6.85. The number of carbonyl (C=O) groups is 1. The first-order valence-electron chi connectivity index (χ1n) is 12.5. The summed E-state index contributed by atoms with van der Waals surface area (Å²) in [5.74, 6) is -0.473. The molecule has 2 aliphatic rings. The minimum absolute atomic E-state index is 0.0697. The SMILES string of the molecule is O=C(NCc1cc(C(F)(F)F)cc(C(F)(F)F)c1)C1(CC2CC2)CCN(Cc2ccc(F)c(CO)c2)CC1. The zero-order valence-electron chi connectivity index (χ0n) is 20.6. The molecule has 1 aliphatic heterocycles. The number of rotatable bonds is 8. The van der Waals surface area contributed by atoms with E-state index in [9.17, 15) is 40.6 Å². The zero-order valence-corrected chi connectivity index (χ0v) is 20.6. The van der Waals surface area contributed by atoms with Crippen LogP contribution >= 0.6 is 0 Å². The maximum absolute atomic E-state index is 13.7. The molecule has 4 nitrogen and oxygen atoms in total. The van der Waals surface area contributed by atoms with E-state index in [-0.39, 0.29) is 23.1 Å².